The van der Waals surface area contributed by atoms with Crippen LogP contribution in [0.3, 0.4) is 0 Å². The van der Waals surface area contributed by atoms with Crippen LogP contribution in [0.25, 0.3) is 0 Å². The maximum absolute atomic E-state index is 9.31. The van der Waals surface area contributed by atoms with E-state index in [4.69, 9.17) is 0 Å². The van der Waals surface area contributed by atoms with Gasteiger partial charge in [-0.05, 0) is 32.0 Å². The summed E-state index contributed by atoms with van der Waals surface area (Å²) in [6.45, 7) is 4.20. The van der Waals surface area contributed by atoms with Gasteiger partial charge in [0.1, 0.15) is 11.6 Å². The second kappa shape index (κ2) is 13.4. The van der Waals surface area contributed by atoms with E-state index in [9.17, 15) is 20.4 Å². The lowest BCUT2D eigenvalue weighted by Gasteiger charge is -2.21. The summed E-state index contributed by atoms with van der Waals surface area (Å²) >= 11 is 0. The Kier molecular flexibility index (Phi) is 10.00. The highest BCUT2D eigenvalue weighted by Crippen LogP contribution is 2.22. The molecule has 14 heteroatoms. The van der Waals surface area contributed by atoms with Crippen LogP contribution in [0.15, 0.2) is 24.3 Å². The fourth-order valence-electron chi connectivity index (χ4n) is 3.37. The van der Waals surface area contributed by atoms with Crippen molar-refractivity contribution in [3.05, 3.63) is 35.9 Å². The molecule has 6 N–H and O–H groups in total. The van der Waals surface area contributed by atoms with Gasteiger partial charge in [-0.15, -0.1) is 0 Å². The van der Waals surface area contributed by atoms with Gasteiger partial charge in [-0.1, -0.05) is 6.07 Å². The van der Waals surface area contributed by atoms with Gasteiger partial charge < -0.3 is 40.9 Å². The average molecular weight is 501 g/mol. The molecule has 1 aromatic carbocycles. The molecule has 194 valence electrons. The zero-order chi connectivity index (χ0) is 25.9. The molecule has 0 saturated carbocycles. The third-order valence-corrected chi connectivity index (χ3v) is 4.89. The SMILES string of the molecule is Cc1nc(Nc2cccc(Nc3nc(C)nc(N(CCO)CCO)n3)c2)nc(N(CCO)CCO)n1. The molecule has 0 radical (unpaired) electrons. The number of hydrogen-bond acceptors (Lipinski definition) is 14. The maximum Gasteiger partial charge on any atom is 0.232 e. The van der Waals surface area contributed by atoms with Crippen LogP contribution in [-0.2, 0) is 0 Å². The van der Waals surface area contributed by atoms with Gasteiger partial charge in [0.05, 0.1) is 26.4 Å². The summed E-state index contributed by atoms with van der Waals surface area (Å²) in [4.78, 5) is 29.5. The van der Waals surface area contributed by atoms with Gasteiger partial charge in [-0.2, -0.15) is 29.9 Å². The number of aliphatic hydroxyl groups is 4. The molecule has 0 bridgehead atoms. The first kappa shape index (κ1) is 26.9. The van der Waals surface area contributed by atoms with E-state index in [1.165, 1.54) is 0 Å². The molecule has 0 aliphatic rings. The lowest BCUT2D eigenvalue weighted by molar-refractivity contribution is 0.279. The highest BCUT2D eigenvalue weighted by atomic mass is 16.3. The molecule has 2 heterocycles. The van der Waals surface area contributed by atoms with Crippen LogP contribution in [0.1, 0.15) is 11.6 Å². The minimum atomic E-state index is -0.1000. The molecule has 0 fully saturated rings. The molecule has 14 nitrogen and oxygen atoms in total. The third-order valence-electron chi connectivity index (χ3n) is 4.89. The van der Waals surface area contributed by atoms with E-state index in [1.807, 2.05) is 24.3 Å². The van der Waals surface area contributed by atoms with Crippen molar-refractivity contribution < 1.29 is 20.4 Å². The molecular formula is C22H32N10O4. The first-order chi connectivity index (χ1) is 17.4. The monoisotopic (exact) mass is 500 g/mol. The number of nitrogens with one attached hydrogen (secondary N) is 2. The molecule has 0 unspecified atom stereocenters. The average Bonchev–Trinajstić information content (AvgIpc) is 2.83. The van der Waals surface area contributed by atoms with Crippen LogP contribution < -0.4 is 20.4 Å². The van der Waals surface area contributed by atoms with Gasteiger partial charge in [-0.3, -0.25) is 0 Å². The van der Waals surface area contributed by atoms with Crippen molar-refractivity contribution in [1.82, 2.24) is 29.9 Å². The lowest BCUT2D eigenvalue weighted by atomic mass is 10.3. The van der Waals surface area contributed by atoms with Gasteiger partial charge in [0.2, 0.25) is 23.8 Å². The Hall–Kier alpha value is -3.72. The molecule has 0 atom stereocenters. The summed E-state index contributed by atoms with van der Waals surface area (Å²) in [6.07, 6.45) is 0. The molecule has 36 heavy (non-hydrogen) atoms. The van der Waals surface area contributed by atoms with Crippen LogP contribution in [-0.4, -0.2) is 103 Å². The largest absolute Gasteiger partial charge is 0.395 e. The van der Waals surface area contributed by atoms with Crippen molar-refractivity contribution in [3.63, 3.8) is 0 Å². The van der Waals surface area contributed by atoms with E-state index < -0.39 is 0 Å². The first-order valence-electron chi connectivity index (χ1n) is 11.5. The quantitative estimate of drug-likeness (QED) is 0.170. The minimum absolute atomic E-state index is 0.1000. The van der Waals surface area contributed by atoms with Crippen LogP contribution >= 0.6 is 0 Å². The van der Waals surface area contributed by atoms with Gasteiger partial charge in [-0.25, -0.2) is 0 Å². The first-order valence-corrected chi connectivity index (χ1v) is 11.5. The van der Waals surface area contributed by atoms with Crippen molar-refractivity contribution >= 4 is 35.2 Å². The number of aromatic nitrogens is 6. The molecule has 0 amide bonds. The Labute approximate surface area is 208 Å². The number of aliphatic hydroxyl groups excluding tert-OH is 4. The van der Waals surface area contributed by atoms with E-state index >= 15 is 0 Å². The van der Waals surface area contributed by atoms with Crippen LogP contribution in [0.4, 0.5) is 35.2 Å². The summed E-state index contributed by atoms with van der Waals surface area (Å²) in [7, 11) is 0. The standard InChI is InChI=1S/C22H32N10O4/c1-15-23-19(29-21(25-15)31(6-10-33)7-11-34)27-17-4-3-5-18(14-17)28-20-24-16(2)26-22(30-20)32(8-12-35)9-13-36/h3-5,14,33-36H,6-13H2,1-2H3,(H,23,25,27,29)(H,24,26,28,30). The van der Waals surface area contributed by atoms with Gasteiger partial charge in [0.15, 0.2) is 0 Å². The van der Waals surface area contributed by atoms with Crippen LogP contribution in [0.2, 0.25) is 0 Å². The van der Waals surface area contributed by atoms with Crippen molar-refractivity contribution in [2.75, 3.05) is 73.0 Å². The van der Waals surface area contributed by atoms with Gasteiger partial charge in [0, 0.05) is 37.6 Å². The van der Waals surface area contributed by atoms with Crippen molar-refractivity contribution in [3.8, 4) is 0 Å². The predicted molar refractivity (Wildman–Crippen MR) is 135 cm³/mol. The Bertz CT molecular complexity index is 1030. The van der Waals surface area contributed by atoms with E-state index in [2.05, 4.69) is 40.5 Å². The molecule has 0 saturated heterocycles. The zero-order valence-electron chi connectivity index (χ0n) is 20.3. The number of nitrogens with zero attached hydrogens (tertiary/aromatic N) is 8. The Morgan fingerprint density at radius 1 is 0.611 bits per heavy atom. The summed E-state index contributed by atoms with van der Waals surface area (Å²) in [6, 6.07) is 7.35. The highest BCUT2D eigenvalue weighted by molar-refractivity contribution is 5.64. The summed E-state index contributed by atoms with van der Waals surface area (Å²) in [5.41, 5.74) is 1.39. The van der Waals surface area contributed by atoms with Gasteiger partial charge >= 0.3 is 0 Å². The number of anilines is 6. The maximum atomic E-state index is 9.31. The molecule has 3 rings (SSSR count). The van der Waals surface area contributed by atoms with Crippen molar-refractivity contribution in [2.24, 2.45) is 0 Å². The number of aryl methyl sites for hydroxylation is 2. The van der Waals surface area contributed by atoms with E-state index in [1.54, 1.807) is 23.6 Å². The predicted octanol–water partition coefficient (Wildman–Crippen LogP) is -0.257. The number of benzene rings is 1. The normalized spacial score (nSPS) is 10.8. The van der Waals surface area contributed by atoms with Crippen molar-refractivity contribution in [2.45, 2.75) is 13.8 Å². The molecule has 2 aromatic heterocycles. The van der Waals surface area contributed by atoms with E-state index in [0.29, 0.717) is 46.8 Å². The van der Waals surface area contributed by atoms with E-state index in [-0.39, 0.29) is 52.6 Å². The lowest BCUT2D eigenvalue weighted by Crippen LogP contribution is -2.31. The molecular weight excluding hydrogens is 468 g/mol. The smallest absolute Gasteiger partial charge is 0.232 e. The molecule has 0 spiro atoms. The Balaban J connectivity index is 1.80. The summed E-state index contributed by atoms with van der Waals surface area (Å²) in [5.74, 6) is 2.31. The number of hydrogen-bond donors (Lipinski definition) is 6. The molecule has 3 aromatic rings. The Morgan fingerprint density at radius 2 is 1.00 bits per heavy atom. The van der Waals surface area contributed by atoms with Crippen LogP contribution in [0.5, 0.6) is 0 Å². The summed E-state index contributed by atoms with van der Waals surface area (Å²) in [5, 5.41) is 43.6. The number of rotatable bonds is 14. The van der Waals surface area contributed by atoms with Gasteiger partial charge in [0.25, 0.3) is 0 Å². The fraction of sp³-hybridized carbons (Fsp3) is 0.455. The zero-order valence-corrected chi connectivity index (χ0v) is 20.3. The van der Waals surface area contributed by atoms with Crippen molar-refractivity contribution in [1.29, 1.82) is 0 Å². The second-order valence-corrected chi connectivity index (χ2v) is 7.71. The third kappa shape index (κ3) is 7.64. The molecule has 0 aliphatic heterocycles. The van der Waals surface area contributed by atoms with E-state index in [0.717, 1.165) is 0 Å². The second-order valence-electron chi connectivity index (χ2n) is 7.71. The minimum Gasteiger partial charge on any atom is -0.395 e. The summed E-state index contributed by atoms with van der Waals surface area (Å²) < 4.78 is 0. The van der Waals surface area contributed by atoms with Crippen LogP contribution in [0, 0.1) is 13.8 Å². The highest BCUT2D eigenvalue weighted by Gasteiger charge is 2.14. The molecule has 0 aliphatic carbocycles. The topological polar surface area (TPSA) is 189 Å². The fourth-order valence-corrected chi connectivity index (χ4v) is 3.37. The Morgan fingerprint density at radius 3 is 1.36 bits per heavy atom.